The van der Waals surface area contributed by atoms with Crippen LogP contribution in [0.4, 0.5) is 0 Å². The van der Waals surface area contributed by atoms with Crippen LogP contribution < -0.4 is 0 Å². The molecule has 0 aliphatic carbocycles. The van der Waals surface area contributed by atoms with Crippen molar-refractivity contribution in [1.82, 2.24) is 0 Å². The number of carboxylic acids is 1. The second kappa shape index (κ2) is 6.56. The van der Waals surface area contributed by atoms with Gasteiger partial charge in [-0.25, -0.2) is 9.37 Å². The average molecular weight is 190 g/mol. The van der Waals surface area contributed by atoms with Gasteiger partial charge in [0.1, 0.15) is 12.8 Å². The average Bonchev–Trinajstić information content (AvgIpc) is 2.11. The molecule has 76 valence electrons. The second-order valence-corrected chi connectivity index (χ2v) is 2.67. The van der Waals surface area contributed by atoms with Crippen molar-refractivity contribution in [2.45, 2.75) is 19.4 Å². The smallest absolute Gasteiger partial charge is 0.372 e. The molecule has 0 aromatic rings. The molecule has 0 aromatic heterocycles. The van der Waals surface area contributed by atoms with Gasteiger partial charge in [-0.3, -0.25) is 0 Å². The first-order chi connectivity index (χ1) is 6.13. The van der Waals surface area contributed by atoms with Crippen molar-refractivity contribution in [1.29, 1.82) is 0 Å². The minimum absolute atomic E-state index is 0.0196. The van der Waals surface area contributed by atoms with Crippen LogP contribution >= 0.6 is 0 Å². The largest absolute Gasteiger partial charge is 0.476 e. The number of aliphatic carboxylic acids is 1. The Kier molecular flexibility index (Phi) is 6.09. The SMILES string of the molecule is CC(C(=O)O)[N+](=CCCO)CCO. The summed E-state index contributed by atoms with van der Waals surface area (Å²) in [7, 11) is 0. The van der Waals surface area contributed by atoms with Crippen LogP contribution in [0.25, 0.3) is 0 Å². The number of carboxylic acid groups (broad SMARTS) is 1. The van der Waals surface area contributed by atoms with Crippen molar-refractivity contribution in [2.75, 3.05) is 19.8 Å². The Morgan fingerprint density at radius 3 is 2.46 bits per heavy atom. The van der Waals surface area contributed by atoms with E-state index in [-0.39, 0.29) is 19.8 Å². The predicted octanol–water partition coefficient (Wildman–Crippen LogP) is -1.08. The molecule has 0 radical (unpaired) electrons. The Hall–Kier alpha value is -0.940. The Morgan fingerprint density at radius 1 is 1.46 bits per heavy atom. The number of hydrogen-bond donors (Lipinski definition) is 3. The molecule has 0 fully saturated rings. The summed E-state index contributed by atoms with van der Waals surface area (Å²) in [5.74, 6) is -0.942. The summed E-state index contributed by atoms with van der Waals surface area (Å²) in [4.78, 5) is 10.6. The molecule has 0 saturated heterocycles. The summed E-state index contributed by atoms with van der Waals surface area (Å²) in [6.45, 7) is 1.69. The zero-order chi connectivity index (χ0) is 10.3. The van der Waals surface area contributed by atoms with Crippen molar-refractivity contribution in [3.63, 3.8) is 0 Å². The molecule has 1 unspecified atom stereocenters. The predicted molar refractivity (Wildman–Crippen MR) is 47.1 cm³/mol. The lowest BCUT2D eigenvalue weighted by atomic mass is 10.3. The molecule has 0 aliphatic heterocycles. The number of hydrogen-bond acceptors (Lipinski definition) is 3. The topological polar surface area (TPSA) is 80.8 Å². The van der Waals surface area contributed by atoms with Gasteiger partial charge in [-0.2, -0.15) is 0 Å². The maximum atomic E-state index is 10.6. The Bertz CT molecular complexity index is 191. The van der Waals surface area contributed by atoms with Crippen molar-refractivity contribution < 1.29 is 24.7 Å². The van der Waals surface area contributed by atoms with E-state index in [0.717, 1.165) is 0 Å². The van der Waals surface area contributed by atoms with Gasteiger partial charge in [-0.05, 0) is 0 Å². The van der Waals surface area contributed by atoms with E-state index in [2.05, 4.69) is 0 Å². The van der Waals surface area contributed by atoms with Crippen LogP contribution in [0, 0.1) is 0 Å². The quantitative estimate of drug-likeness (QED) is 0.367. The van der Waals surface area contributed by atoms with Crippen LogP contribution in [0.3, 0.4) is 0 Å². The first kappa shape index (κ1) is 12.1. The highest BCUT2D eigenvalue weighted by molar-refractivity contribution is 5.72. The Labute approximate surface area is 76.9 Å². The van der Waals surface area contributed by atoms with E-state index < -0.39 is 12.0 Å². The fourth-order valence-electron chi connectivity index (χ4n) is 0.924. The van der Waals surface area contributed by atoms with E-state index in [0.29, 0.717) is 6.42 Å². The van der Waals surface area contributed by atoms with Gasteiger partial charge in [0.15, 0.2) is 6.54 Å². The molecule has 1 atom stereocenters. The summed E-state index contributed by atoms with van der Waals surface area (Å²) in [6.07, 6.45) is 1.99. The van der Waals surface area contributed by atoms with Crippen molar-refractivity contribution in [2.24, 2.45) is 0 Å². The summed E-state index contributed by atoms with van der Waals surface area (Å²) < 4.78 is 1.50. The Morgan fingerprint density at radius 2 is 2.08 bits per heavy atom. The number of carbonyl (C=O) groups is 1. The number of aliphatic hydroxyl groups is 2. The molecule has 5 heteroatoms. The lowest BCUT2D eigenvalue weighted by molar-refractivity contribution is -0.549. The lowest BCUT2D eigenvalue weighted by Crippen LogP contribution is -2.34. The monoisotopic (exact) mass is 190 g/mol. The van der Waals surface area contributed by atoms with Crippen LogP contribution in [0.2, 0.25) is 0 Å². The molecule has 0 rings (SSSR count). The van der Waals surface area contributed by atoms with Crippen LogP contribution in [-0.4, -0.2) is 57.9 Å². The standard InChI is InChI=1S/C8H15NO4/c1-7(8(12)13)9(4-6-11)3-2-5-10/h3,7,10-11H,2,4-6H2,1H3/p+1. The minimum Gasteiger partial charge on any atom is -0.476 e. The molecule has 3 N–H and O–H groups in total. The molecule has 0 spiro atoms. The fourth-order valence-corrected chi connectivity index (χ4v) is 0.924. The van der Waals surface area contributed by atoms with E-state index in [1.54, 1.807) is 6.21 Å². The normalized spacial score (nSPS) is 14.2. The van der Waals surface area contributed by atoms with E-state index in [1.807, 2.05) is 0 Å². The maximum Gasteiger partial charge on any atom is 0.372 e. The molecule has 0 amide bonds. The van der Waals surface area contributed by atoms with Gasteiger partial charge in [0.05, 0.1) is 6.61 Å². The molecule has 13 heavy (non-hydrogen) atoms. The molecule has 0 bridgehead atoms. The molecular weight excluding hydrogens is 174 g/mol. The zero-order valence-corrected chi connectivity index (χ0v) is 7.68. The van der Waals surface area contributed by atoms with Gasteiger partial charge in [-0.15, -0.1) is 0 Å². The summed E-state index contributed by atoms with van der Waals surface area (Å²) >= 11 is 0. The van der Waals surface area contributed by atoms with Gasteiger partial charge < -0.3 is 15.3 Å². The molecule has 5 nitrogen and oxygen atoms in total. The van der Waals surface area contributed by atoms with E-state index >= 15 is 0 Å². The van der Waals surface area contributed by atoms with Gasteiger partial charge in [0, 0.05) is 13.3 Å². The molecule has 0 aromatic carbocycles. The molecule has 0 saturated carbocycles. The van der Waals surface area contributed by atoms with Crippen molar-refractivity contribution >= 4 is 12.2 Å². The number of nitrogens with zero attached hydrogens (tertiary/aromatic N) is 1. The lowest BCUT2D eigenvalue weighted by Gasteiger charge is -2.05. The Balaban J connectivity index is 4.30. The van der Waals surface area contributed by atoms with Gasteiger partial charge in [0.2, 0.25) is 6.04 Å². The highest BCUT2D eigenvalue weighted by Crippen LogP contribution is 1.90. The number of rotatable bonds is 6. The third-order valence-electron chi connectivity index (χ3n) is 1.71. The first-order valence-electron chi connectivity index (χ1n) is 4.17. The first-order valence-corrected chi connectivity index (χ1v) is 4.17. The zero-order valence-electron chi connectivity index (χ0n) is 7.68. The van der Waals surface area contributed by atoms with Gasteiger partial charge in [-0.1, -0.05) is 0 Å². The fraction of sp³-hybridized carbons (Fsp3) is 0.750. The van der Waals surface area contributed by atoms with Crippen LogP contribution in [0.1, 0.15) is 13.3 Å². The number of aliphatic hydroxyl groups excluding tert-OH is 2. The van der Waals surface area contributed by atoms with E-state index in [1.165, 1.54) is 11.5 Å². The van der Waals surface area contributed by atoms with Crippen molar-refractivity contribution in [3.8, 4) is 0 Å². The minimum atomic E-state index is -0.942. The van der Waals surface area contributed by atoms with Crippen LogP contribution in [0.5, 0.6) is 0 Å². The van der Waals surface area contributed by atoms with Crippen LogP contribution in [-0.2, 0) is 4.79 Å². The third kappa shape index (κ3) is 4.59. The van der Waals surface area contributed by atoms with E-state index in [9.17, 15) is 4.79 Å². The summed E-state index contributed by atoms with van der Waals surface area (Å²) in [6, 6.07) is -0.668. The maximum absolute atomic E-state index is 10.6. The summed E-state index contributed by atoms with van der Waals surface area (Å²) in [5, 5.41) is 25.9. The van der Waals surface area contributed by atoms with Gasteiger partial charge in [0.25, 0.3) is 0 Å². The van der Waals surface area contributed by atoms with Crippen LogP contribution in [0.15, 0.2) is 0 Å². The molecule has 0 heterocycles. The highest BCUT2D eigenvalue weighted by atomic mass is 16.4. The second-order valence-electron chi connectivity index (χ2n) is 2.67. The van der Waals surface area contributed by atoms with E-state index in [4.69, 9.17) is 15.3 Å². The summed E-state index contributed by atoms with van der Waals surface area (Å²) in [5.41, 5.74) is 0. The highest BCUT2D eigenvalue weighted by Gasteiger charge is 2.21. The van der Waals surface area contributed by atoms with Gasteiger partial charge >= 0.3 is 5.97 Å². The molecule has 0 aliphatic rings. The third-order valence-corrected chi connectivity index (χ3v) is 1.71. The molecular formula is C8H16NO4+. The van der Waals surface area contributed by atoms with Crippen molar-refractivity contribution in [3.05, 3.63) is 0 Å².